The van der Waals surface area contributed by atoms with Crippen LogP contribution in [-0.2, 0) is 9.59 Å². The predicted molar refractivity (Wildman–Crippen MR) is 118 cm³/mol. The Kier molecular flexibility index (Phi) is 6.51. The lowest BCUT2D eigenvalue weighted by atomic mass is 10.0. The summed E-state index contributed by atoms with van der Waals surface area (Å²) >= 11 is 0. The van der Waals surface area contributed by atoms with E-state index < -0.39 is 6.04 Å². The standard InChI is InChI=1S/C24H28FN3O3/c1-2-15-31-19-9-7-18(8-10-19)28-23(29)16-22(24(28)30)27-13-11-17(12-14-27)26-21-6-4-3-5-20(21)25/h3-10,17,22,26H,2,11-16H2,1H3/t22-/m1/s1. The van der Waals surface area contributed by atoms with Gasteiger partial charge in [0.25, 0.3) is 5.91 Å². The fourth-order valence-electron chi connectivity index (χ4n) is 4.24. The summed E-state index contributed by atoms with van der Waals surface area (Å²) in [6.07, 6.45) is 2.68. The predicted octanol–water partition coefficient (Wildman–Crippen LogP) is 3.82. The van der Waals surface area contributed by atoms with Crippen molar-refractivity contribution in [2.75, 3.05) is 29.9 Å². The second kappa shape index (κ2) is 9.47. The maximum absolute atomic E-state index is 13.9. The molecule has 2 heterocycles. The molecule has 2 fully saturated rings. The number of para-hydroxylation sites is 1. The van der Waals surface area contributed by atoms with Gasteiger partial charge in [0.15, 0.2) is 0 Å². The van der Waals surface area contributed by atoms with Gasteiger partial charge < -0.3 is 10.1 Å². The smallest absolute Gasteiger partial charge is 0.251 e. The number of imide groups is 1. The monoisotopic (exact) mass is 425 g/mol. The zero-order chi connectivity index (χ0) is 21.8. The Labute approximate surface area is 182 Å². The highest BCUT2D eigenvalue weighted by molar-refractivity contribution is 6.22. The molecule has 0 bridgehead atoms. The minimum absolute atomic E-state index is 0.145. The number of likely N-dealkylation sites (tertiary alicyclic amines) is 1. The van der Waals surface area contributed by atoms with Crippen molar-refractivity contribution in [2.24, 2.45) is 0 Å². The lowest BCUT2D eigenvalue weighted by molar-refractivity contribution is -0.123. The Morgan fingerprint density at radius 3 is 2.45 bits per heavy atom. The van der Waals surface area contributed by atoms with Gasteiger partial charge in [-0.25, -0.2) is 9.29 Å². The summed E-state index contributed by atoms with van der Waals surface area (Å²) < 4.78 is 19.5. The van der Waals surface area contributed by atoms with Gasteiger partial charge in [-0.05, 0) is 55.7 Å². The molecule has 1 atom stereocenters. The van der Waals surface area contributed by atoms with Gasteiger partial charge >= 0.3 is 0 Å². The Bertz CT molecular complexity index is 926. The number of hydrogen-bond donors (Lipinski definition) is 1. The largest absolute Gasteiger partial charge is 0.494 e. The number of anilines is 2. The third-order valence-electron chi connectivity index (χ3n) is 5.89. The molecule has 6 nitrogen and oxygen atoms in total. The molecule has 0 spiro atoms. The number of rotatable bonds is 7. The highest BCUT2D eigenvalue weighted by Crippen LogP contribution is 2.29. The van der Waals surface area contributed by atoms with Crippen LogP contribution in [0.1, 0.15) is 32.6 Å². The highest BCUT2D eigenvalue weighted by Gasteiger charge is 2.43. The van der Waals surface area contributed by atoms with Crippen molar-refractivity contribution in [3.05, 3.63) is 54.3 Å². The summed E-state index contributed by atoms with van der Waals surface area (Å²) in [4.78, 5) is 29.1. The minimum Gasteiger partial charge on any atom is -0.494 e. The lowest BCUT2D eigenvalue weighted by Crippen LogP contribution is -2.48. The van der Waals surface area contributed by atoms with Crippen LogP contribution in [0, 0.1) is 5.82 Å². The van der Waals surface area contributed by atoms with E-state index in [9.17, 15) is 14.0 Å². The summed E-state index contributed by atoms with van der Waals surface area (Å²) in [7, 11) is 0. The minimum atomic E-state index is -0.432. The van der Waals surface area contributed by atoms with E-state index >= 15 is 0 Å². The van der Waals surface area contributed by atoms with E-state index in [4.69, 9.17) is 4.74 Å². The average molecular weight is 426 g/mol. The van der Waals surface area contributed by atoms with Gasteiger partial charge in [-0.1, -0.05) is 19.1 Å². The molecule has 2 saturated heterocycles. The van der Waals surface area contributed by atoms with E-state index in [1.807, 2.05) is 6.92 Å². The van der Waals surface area contributed by atoms with Gasteiger partial charge in [0.05, 0.1) is 30.4 Å². The van der Waals surface area contributed by atoms with Crippen molar-refractivity contribution in [2.45, 2.75) is 44.7 Å². The van der Waals surface area contributed by atoms with E-state index in [1.165, 1.54) is 11.0 Å². The first-order valence-corrected chi connectivity index (χ1v) is 10.9. The Hall–Kier alpha value is -2.93. The van der Waals surface area contributed by atoms with E-state index in [-0.39, 0.29) is 30.1 Å². The van der Waals surface area contributed by atoms with Gasteiger partial charge in [-0.3, -0.25) is 14.5 Å². The van der Waals surface area contributed by atoms with Crippen molar-refractivity contribution in [3.8, 4) is 5.75 Å². The molecule has 0 radical (unpaired) electrons. The van der Waals surface area contributed by atoms with Gasteiger partial charge in [0.1, 0.15) is 11.6 Å². The molecule has 2 aromatic rings. The molecular formula is C24H28FN3O3. The second-order valence-corrected chi connectivity index (χ2v) is 8.06. The van der Waals surface area contributed by atoms with Crippen LogP contribution in [-0.4, -0.2) is 48.5 Å². The average Bonchev–Trinajstić information content (AvgIpc) is 3.09. The first kappa shape index (κ1) is 21.3. The maximum atomic E-state index is 13.9. The van der Waals surface area contributed by atoms with E-state index in [2.05, 4.69) is 10.2 Å². The van der Waals surface area contributed by atoms with Crippen molar-refractivity contribution in [1.29, 1.82) is 0 Å². The number of hydrogen-bond acceptors (Lipinski definition) is 5. The Morgan fingerprint density at radius 1 is 1.06 bits per heavy atom. The number of nitrogens with one attached hydrogen (secondary N) is 1. The Balaban J connectivity index is 1.35. The van der Waals surface area contributed by atoms with Crippen LogP contribution in [0.2, 0.25) is 0 Å². The van der Waals surface area contributed by atoms with Gasteiger partial charge in [0, 0.05) is 19.1 Å². The maximum Gasteiger partial charge on any atom is 0.251 e. The van der Waals surface area contributed by atoms with Crippen molar-refractivity contribution in [3.63, 3.8) is 0 Å². The quantitative estimate of drug-likeness (QED) is 0.684. The van der Waals surface area contributed by atoms with E-state index in [0.29, 0.717) is 31.1 Å². The van der Waals surface area contributed by atoms with Crippen LogP contribution >= 0.6 is 0 Å². The van der Waals surface area contributed by atoms with Crippen LogP contribution in [0.15, 0.2) is 48.5 Å². The molecule has 164 valence electrons. The first-order chi connectivity index (χ1) is 15.1. The summed E-state index contributed by atoms with van der Waals surface area (Å²) in [5.74, 6) is 0.116. The van der Waals surface area contributed by atoms with Crippen LogP contribution in [0.5, 0.6) is 5.75 Å². The molecule has 2 amide bonds. The molecular weight excluding hydrogens is 397 g/mol. The van der Waals surface area contributed by atoms with Crippen LogP contribution in [0.25, 0.3) is 0 Å². The van der Waals surface area contributed by atoms with Gasteiger partial charge in [-0.2, -0.15) is 0 Å². The molecule has 31 heavy (non-hydrogen) atoms. The molecule has 7 heteroatoms. The van der Waals surface area contributed by atoms with Gasteiger partial charge in [0.2, 0.25) is 5.91 Å². The van der Waals surface area contributed by atoms with Crippen LogP contribution < -0.4 is 15.0 Å². The number of piperidine rings is 1. The molecule has 2 aromatic carbocycles. The number of halogens is 1. The second-order valence-electron chi connectivity index (χ2n) is 8.06. The first-order valence-electron chi connectivity index (χ1n) is 10.9. The zero-order valence-corrected chi connectivity index (χ0v) is 17.7. The van der Waals surface area contributed by atoms with Crippen molar-refractivity contribution >= 4 is 23.2 Å². The molecule has 0 aliphatic carbocycles. The van der Waals surface area contributed by atoms with Crippen molar-refractivity contribution < 1.29 is 18.7 Å². The van der Waals surface area contributed by atoms with Crippen LogP contribution in [0.3, 0.4) is 0 Å². The Morgan fingerprint density at radius 2 is 1.77 bits per heavy atom. The number of ether oxygens (including phenoxy) is 1. The number of amides is 2. The number of carbonyl (C=O) groups excluding carboxylic acids is 2. The van der Waals surface area contributed by atoms with E-state index in [0.717, 1.165) is 25.0 Å². The van der Waals surface area contributed by atoms with Crippen LogP contribution in [0.4, 0.5) is 15.8 Å². The normalized spacial score (nSPS) is 20.3. The summed E-state index contributed by atoms with van der Waals surface area (Å²) in [6.45, 7) is 4.04. The molecule has 2 aliphatic heterocycles. The third kappa shape index (κ3) is 4.71. The molecule has 0 unspecified atom stereocenters. The lowest BCUT2D eigenvalue weighted by Gasteiger charge is -2.35. The summed E-state index contributed by atoms with van der Waals surface area (Å²) in [6, 6.07) is 13.5. The molecule has 0 aromatic heterocycles. The van der Waals surface area contributed by atoms with Crippen molar-refractivity contribution in [1.82, 2.24) is 4.90 Å². The fourth-order valence-corrected chi connectivity index (χ4v) is 4.24. The highest BCUT2D eigenvalue weighted by atomic mass is 19.1. The topological polar surface area (TPSA) is 61.9 Å². The fraction of sp³-hybridized carbons (Fsp3) is 0.417. The molecule has 4 rings (SSSR count). The third-order valence-corrected chi connectivity index (χ3v) is 5.89. The number of benzene rings is 2. The van der Waals surface area contributed by atoms with E-state index in [1.54, 1.807) is 42.5 Å². The summed E-state index contributed by atoms with van der Waals surface area (Å²) in [5, 5.41) is 3.26. The molecule has 0 saturated carbocycles. The summed E-state index contributed by atoms with van der Waals surface area (Å²) in [5.41, 5.74) is 1.09. The number of nitrogens with zero attached hydrogens (tertiary/aromatic N) is 2. The molecule has 1 N–H and O–H groups in total. The SMILES string of the molecule is CCCOc1ccc(N2C(=O)C[C@@H](N3CCC(Nc4ccccc4F)CC3)C2=O)cc1. The van der Waals surface area contributed by atoms with Gasteiger partial charge in [-0.15, -0.1) is 0 Å². The zero-order valence-electron chi connectivity index (χ0n) is 17.7. The number of carbonyl (C=O) groups is 2. The molecule has 2 aliphatic rings.